The number of carbonyl (C=O) groups excluding carboxylic acids is 2. The Balaban J connectivity index is 0.000000469. The van der Waals surface area contributed by atoms with Crippen LogP contribution in [-0.2, 0) is 9.59 Å². The molecule has 0 aromatic heterocycles. The van der Waals surface area contributed by atoms with E-state index in [0.29, 0.717) is 39.9 Å². The Bertz CT molecular complexity index is 1160. The standard InChI is InChI=1S/C20H31NO5.C12H18Cl2N2O/c1-12(2)18(23)25-15-8-14(17(22)11-21-20(5,6)7)9-16(10-15)26-19(24)13(3)4;1-12(2,3)16-6-10(17)7-4-8(13)11(15)9(14)5-7/h8-10,12-13,17,21-22H,11H2,1-7H3;4-5,10,16-17H,6,15H2,1-3H3. The number of rotatable bonds is 10. The minimum Gasteiger partial charge on any atom is -0.426 e. The number of anilines is 1. The molecule has 0 aliphatic heterocycles. The summed E-state index contributed by atoms with van der Waals surface area (Å²) in [4.78, 5) is 23.8. The predicted molar refractivity (Wildman–Crippen MR) is 174 cm³/mol. The molecule has 0 heterocycles. The Morgan fingerprint density at radius 1 is 0.721 bits per heavy atom. The summed E-state index contributed by atoms with van der Waals surface area (Å²) < 4.78 is 10.7. The fourth-order valence-electron chi connectivity index (χ4n) is 3.21. The summed E-state index contributed by atoms with van der Waals surface area (Å²) in [5, 5.41) is 27.6. The van der Waals surface area contributed by atoms with E-state index in [0.717, 1.165) is 0 Å². The lowest BCUT2D eigenvalue weighted by molar-refractivity contribution is -0.138. The van der Waals surface area contributed by atoms with Gasteiger partial charge in [-0.15, -0.1) is 0 Å². The van der Waals surface area contributed by atoms with Gasteiger partial charge < -0.3 is 36.1 Å². The van der Waals surface area contributed by atoms with Crippen LogP contribution >= 0.6 is 23.2 Å². The van der Waals surface area contributed by atoms with Crippen LogP contribution in [0, 0.1) is 11.8 Å². The SMILES string of the molecule is CC(C)(C)NCC(O)c1cc(Cl)c(N)c(Cl)c1.CC(C)C(=O)Oc1cc(OC(=O)C(C)C)cc(C(O)CNC(C)(C)C)c1. The van der Waals surface area contributed by atoms with Crippen molar-refractivity contribution in [2.24, 2.45) is 11.8 Å². The second-order valence-electron chi connectivity index (χ2n) is 13.1. The maximum absolute atomic E-state index is 11.9. The van der Waals surface area contributed by atoms with Crippen molar-refractivity contribution in [1.82, 2.24) is 10.6 Å². The van der Waals surface area contributed by atoms with Gasteiger partial charge in [0.1, 0.15) is 11.5 Å². The third-order valence-corrected chi connectivity index (χ3v) is 6.43. The summed E-state index contributed by atoms with van der Waals surface area (Å²) >= 11 is 11.8. The van der Waals surface area contributed by atoms with E-state index in [1.54, 1.807) is 52.0 Å². The molecule has 0 radical (unpaired) electrons. The van der Waals surface area contributed by atoms with Gasteiger partial charge in [0, 0.05) is 30.2 Å². The van der Waals surface area contributed by atoms with Gasteiger partial charge in [0.15, 0.2) is 0 Å². The molecule has 9 nitrogen and oxygen atoms in total. The van der Waals surface area contributed by atoms with E-state index in [4.69, 9.17) is 38.4 Å². The molecule has 0 saturated carbocycles. The second kappa shape index (κ2) is 16.6. The summed E-state index contributed by atoms with van der Waals surface area (Å²) in [6.45, 7) is 19.7. The molecule has 11 heteroatoms. The monoisotopic (exact) mass is 641 g/mol. The highest BCUT2D eigenvalue weighted by atomic mass is 35.5. The molecule has 43 heavy (non-hydrogen) atoms. The molecule has 2 aromatic carbocycles. The maximum Gasteiger partial charge on any atom is 0.313 e. The van der Waals surface area contributed by atoms with Gasteiger partial charge in [-0.1, -0.05) is 50.9 Å². The topological polar surface area (TPSA) is 143 Å². The lowest BCUT2D eigenvalue weighted by atomic mass is 10.1. The summed E-state index contributed by atoms with van der Waals surface area (Å²) in [6, 6.07) is 7.92. The van der Waals surface area contributed by atoms with Gasteiger partial charge in [0.25, 0.3) is 0 Å². The summed E-state index contributed by atoms with van der Waals surface area (Å²) in [5.41, 5.74) is 6.92. The Hall–Kier alpha value is -2.40. The third-order valence-electron chi connectivity index (χ3n) is 5.80. The molecule has 0 aliphatic rings. The zero-order valence-electron chi connectivity index (χ0n) is 27.0. The zero-order valence-corrected chi connectivity index (χ0v) is 28.5. The molecule has 0 amide bonds. The van der Waals surface area contributed by atoms with E-state index in [1.807, 2.05) is 41.5 Å². The van der Waals surface area contributed by atoms with Gasteiger partial charge >= 0.3 is 11.9 Å². The molecular weight excluding hydrogens is 593 g/mol. The van der Waals surface area contributed by atoms with Crippen molar-refractivity contribution >= 4 is 40.8 Å². The molecular formula is C32H49Cl2N3O6. The third kappa shape index (κ3) is 14.8. The van der Waals surface area contributed by atoms with Crippen LogP contribution in [0.25, 0.3) is 0 Å². The minimum atomic E-state index is -0.844. The van der Waals surface area contributed by atoms with Crippen molar-refractivity contribution in [3.8, 4) is 11.5 Å². The highest BCUT2D eigenvalue weighted by Crippen LogP contribution is 2.31. The Kier molecular flexibility index (Phi) is 14.9. The average Bonchev–Trinajstić information content (AvgIpc) is 2.87. The summed E-state index contributed by atoms with van der Waals surface area (Å²) in [7, 11) is 0. The van der Waals surface area contributed by atoms with E-state index < -0.39 is 24.1 Å². The van der Waals surface area contributed by atoms with E-state index in [2.05, 4.69) is 10.6 Å². The molecule has 2 rings (SSSR count). The molecule has 2 atom stereocenters. The Labute approximate surface area is 266 Å². The number of nitrogens with two attached hydrogens (primary N) is 1. The van der Waals surface area contributed by atoms with Gasteiger partial charge in [0.2, 0.25) is 0 Å². The van der Waals surface area contributed by atoms with Gasteiger partial charge in [-0.2, -0.15) is 0 Å². The van der Waals surface area contributed by atoms with E-state index in [-0.39, 0.29) is 34.4 Å². The second-order valence-corrected chi connectivity index (χ2v) is 13.9. The van der Waals surface area contributed by atoms with Crippen LogP contribution in [-0.4, -0.2) is 46.3 Å². The fraction of sp³-hybridized carbons (Fsp3) is 0.562. The number of halogens is 2. The molecule has 0 aliphatic carbocycles. The van der Waals surface area contributed by atoms with Crippen molar-refractivity contribution in [3.63, 3.8) is 0 Å². The number of ether oxygens (including phenoxy) is 2. The lowest BCUT2D eigenvalue weighted by Crippen LogP contribution is -2.38. The first-order valence-electron chi connectivity index (χ1n) is 14.3. The van der Waals surface area contributed by atoms with Gasteiger partial charge in [-0.25, -0.2) is 0 Å². The van der Waals surface area contributed by atoms with Crippen molar-refractivity contribution in [2.45, 2.75) is 92.5 Å². The van der Waals surface area contributed by atoms with Crippen LogP contribution in [0.4, 0.5) is 5.69 Å². The van der Waals surface area contributed by atoms with Gasteiger partial charge in [-0.3, -0.25) is 9.59 Å². The van der Waals surface area contributed by atoms with Crippen LogP contribution in [0.15, 0.2) is 30.3 Å². The number of β-amino-alcohol motifs (C(OH)–C–C–N with tert-alkyl or cyclic N) is 2. The first-order chi connectivity index (χ1) is 19.6. The van der Waals surface area contributed by atoms with Crippen molar-refractivity contribution < 1.29 is 29.3 Å². The van der Waals surface area contributed by atoms with Crippen molar-refractivity contribution in [2.75, 3.05) is 18.8 Å². The largest absolute Gasteiger partial charge is 0.426 e. The molecule has 0 bridgehead atoms. The summed E-state index contributed by atoms with van der Waals surface area (Å²) in [5.74, 6) is -0.915. The Morgan fingerprint density at radius 2 is 1.05 bits per heavy atom. The van der Waals surface area contributed by atoms with Crippen LogP contribution in [0.1, 0.15) is 92.6 Å². The number of nitrogen functional groups attached to an aromatic ring is 1. The number of carbonyl (C=O) groups is 2. The van der Waals surface area contributed by atoms with Crippen molar-refractivity contribution in [3.05, 3.63) is 51.5 Å². The van der Waals surface area contributed by atoms with E-state index in [1.165, 1.54) is 6.07 Å². The molecule has 2 unspecified atom stereocenters. The smallest absolute Gasteiger partial charge is 0.313 e. The van der Waals surface area contributed by atoms with Crippen LogP contribution in [0.2, 0.25) is 10.0 Å². The highest BCUT2D eigenvalue weighted by Gasteiger charge is 2.19. The highest BCUT2D eigenvalue weighted by molar-refractivity contribution is 6.38. The van der Waals surface area contributed by atoms with E-state index in [9.17, 15) is 19.8 Å². The predicted octanol–water partition coefficient (Wildman–Crippen LogP) is 6.23. The van der Waals surface area contributed by atoms with Crippen LogP contribution < -0.4 is 25.8 Å². The lowest BCUT2D eigenvalue weighted by Gasteiger charge is -2.23. The quantitative estimate of drug-likeness (QED) is 0.116. The molecule has 2 aromatic rings. The first kappa shape index (κ1) is 38.6. The zero-order chi connectivity index (χ0) is 33.3. The van der Waals surface area contributed by atoms with Crippen LogP contribution in [0.5, 0.6) is 11.5 Å². The molecule has 242 valence electrons. The summed E-state index contributed by atoms with van der Waals surface area (Å²) in [6.07, 6.45) is -1.51. The minimum absolute atomic E-state index is 0.0532. The normalized spacial score (nSPS) is 13.3. The molecule has 0 saturated heterocycles. The Morgan fingerprint density at radius 3 is 1.35 bits per heavy atom. The average molecular weight is 643 g/mol. The van der Waals surface area contributed by atoms with E-state index >= 15 is 0 Å². The number of aliphatic hydroxyl groups is 2. The van der Waals surface area contributed by atoms with Crippen LogP contribution in [0.3, 0.4) is 0 Å². The first-order valence-corrected chi connectivity index (χ1v) is 15.0. The fourth-order valence-corrected chi connectivity index (χ4v) is 3.71. The number of hydrogen-bond acceptors (Lipinski definition) is 9. The number of benzene rings is 2. The van der Waals surface area contributed by atoms with Gasteiger partial charge in [-0.05, 0) is 76.9 Å². The number of hydrogen-bond donors (Lipinski definition) is 5. The number of aliphatic hydroxyl groups excluding tert-OH is 2. The molecule has 0 fully saturated rings. The molecule has 0 spiro atoms. The van der Waals surface area contributed by atoms with Gasteiger partial charge in [0.05, 0.1) is 39.8 Å². The molecule has 6 N–H and O–H groups in total. The number of nitrogens with one attached hydrogen (secondary N) is 2. The maximum atomic E-state index is 11.9. The number of esters is 2. The van der Waals surface area contributed by atoms with Crippen molar-refractivity contribution in [1.29, 1.82) is 0 Å².